The minimum Gasteiger partial charge on any atom is -0.456 e. The van der Waals surface area contributed by atoms with Crippen LogP contribution in [0.3, 0.4) is 0 Å². The Hall–Kier alpha value is -6.13. The Bertz CT molecular complexity index is 2540. The lowest BCUT2D eigenvalue weighted by atomic mass is 9.94. The third-order valence-electron chi connectivity index (χ3n) is 8.53. The molecule has 0 radical (unpaired) electrons. The summed E-state index contributed by atoms with van der Waals surface area (Å²) >= 11 is 0. The Morgan fingerprint density at radius 1 is 0.378 bits per heavy atom. The molecule has 0 atom stereocenters. The minimum atomic E-state index is 0.604. The normalized spacial score (nSPS) is 11.6. The van der Waals surface area contributed by atoms with Crippen LogP contribution in [0.25, 0.3) is 88.8 Å². The van der Waals surface area contributed by atoms with E-state index in [2.05, 4.69) is 97.1 Å². The molecule has 7 aromatic carbocycles. The summed E-state index contributed by atoms with van der Waals surface area (Å²) in [7, 11) is 0. The number of hydrogen-bond acceptors (Lipinski definition) is 4. The van der Waals surface area contributed by atoms with E-state index in [0.717, 1.165) is 60.5 Å². The summed E-state index contributed by atoms with van der Waals surface area (Å²) < 4.78 is 6.37. The SMILES string of the molecule is c1ccc(-c2nc(-c3cc4ccccc4c4ccccc34)nc(-c3c(-c4ccccc4)ccc4oc5ccccc5c34)n2)cc1. The van der Waals surface area contributed by atoms with Gasteiger partial charge in [0.05, 0.1) is 0 Å². The van der Waals surface area contributed by atoms with Gasteiger partial charge in [0.15, 0.2) is 17.5 Å². The van der Waals surface area contributed by atoms with Crippen LogP contribution in [0.15, 0.2) is 156 Å². The molecule has 2 aromatic heterocycles. The zero-order valence-electron chi connectivity index (χ0n) is 24.2. The van der Waals surface area contributed by atoms with E-state index in [4.69, 9.17) is 19.4 Å². The summed E-state index contributed by atoms with van der Waals surface area (Å²) in [6, 6.07) is 52.1. The number of aromatic nitrogens is 3. The lowest BCUT2D eigenvalue weighted by Gasteiger charge is -2.15. The molecule has 45 heavy (non-hydrogen) atoms. The van der Waals surface area contributed by atoms with E-state index in [1.54, 1.807) is 0 Å². The Morgan fingerprint density at radius 2 is 0.978 bits per heavy atom. The quantitative estimate of drug-likeness (QED) is 0.196. The van der Waals surface area contributed by atoms with Crippen LogP contribution in [0.4, 0.5) is 0 Å². The molecule has 0 aliphatic carbocycles. The molecular formula is C41H25N3O. The van der Waals surface area contributed by atoms with Gasteiger partial charge in [-0.05, 0) is 56.9 Å². The first-order valence-electron chi connectivity index (χ1n) is 15.0. The van der Waals surface area contributed by atoms with Crippen molar-refractivity contribution in [2.24, 2.45) is 0 Å². The van der Waals surface area contributed by atoms with Crippen LogP contribution in [-0.4, -0.2) is 15.0 Å². The molecule has 0 N–H and O–H groups in total. The molecule has 0 aliphatic heterocycles. The van der Waals surface area contributed by atoms with E-state index in [-0.39, 0.29) is 0 Å². The third-order valence-corrected chi connectivity index (χ3v) is 8.53. The summed E-state index contributed by atoms with van der Waals surface area (Å²) in [6.45, 7) is 0. The molecule has 210 valence electrons. The fraction of sp³-hybridized carbons (Fsp3) is 0. The number of fused-ring (bicyclic) bond motifs is 6. The predicted molar refractivity (Wildman–Crippen MR) is 184 cm³/mol. The van der Waals surface area contributed by atoms with Gasteiger partial charge in [-0.2, -0.15) is 0 Å². The summed E-state index contributed by atoms with van der Waals surface area (Å²) in [5.41, 5.74) is 6.57. The number of hydrogen-bond donors (Lipinski definition) is 0. The second-order valence-corrected chi connectivity index (χ2v) is 11.2. The molecule has 4 nitrogen and oxygen atoms in total. The van der Waals surface area contributed by atoms with Crippen LogP contribution in [0.1, 0.15) is 0 Å². The van der Waals surface area contributed by atoms with Crippen molar-refractivity contribution in [2.45, 2.75) is 0 Å². The second-order valence-electron chi connectivity index (χ2n) is 11.2. The highest BCUT2D eigenvalue weighted by Gasteiger charge is 2.22. The first-order valence-corrected chi connectivity index (χ1v) is 15.0. The monoisotopic (exact) mass is 575 g/mol. The van der Waals surface area contributed by atoms with Gasteiger partial charge in [0.1, 0.15) is 11.2 Å². The predicted octanol–water partition coefficient (Wildman–Crippen LogP) is 10.7. The molecule has 4 heteroatoms. The van der Waals surface area contributed by atoms with Gasteiger partial charge < -0.3 is 4.42 Å². The number of para-hydroxylation sites is 1. The molecule has 0 saturated carbocycles. The zero-order valence-corrected chi connectivity index (χ0v) is 24.2. The van der Waals surface area contributed by atoms with E-state index in [9.17, 15) is 0 Å². The summed E-state index contributed by atoms with van der Waals surface area (Å²) in [5.74, 6) is 1.85. The molecule has 9 aromatic rings. The van der Waals surface area contributed by atoms with Crippen molar-refractivity contribution >= 4 is 43.5 Å². The number of benzene rings is 7. The van der Waals surface area contributed by atoms with Crippen LogP contribution >= 0.6 is 0 Å². The van der Waals surface area contributed by atoms with Gasteiger partial charge in [-0.1, -0.05) is 127 Å². The highest BCUT2D eigenvalue weighted by atomic mass is 16.3. The van der Waals surface area contributed by atoms with E-state index in [1.807, 2.05) is 54.6 Å². The average molecular weight is 576 g/mol. The highest BCUT2D eigenvalue weighted by Crippen LogP contribution is 2.43. The van der Waals surface area contributed by atoms with Crippen LogP contribution in [0.5, 0.6) is 0 Å². The van der Waals surface area contributed by atoms with Gasteiger partial charge in [-0.3, -0.25) is 0 Å². The molecule has 0 unspecified atom stereocenters. The fourth-order valence-corrected chi connectivity index (χ4v) is 6.47. The summed E-state index contributed by atoms with van der Waals surface area (Å²) in [6.07, 6.45) is 0. The van der Waals surface area contributed by atoms with Gasteiger partial charge in [0.25, 0.3) is 0 Å². The largest absolute Gasteiger partial charge is 0.456 e. The molecule has 0 bridgehead atoms. The van der Waals surface area contributed by atoms with Gasteiger partial charge in [0, 0.05) is 27.5 Å². The number of rotatable bonds is 4. The molecule has 0 amide bonds. The summed E-state index contributed by atoms with van der Waals surface area (Å²) in [5, 5.41) is 6.63. The van der Waals surface area contributed by atoms with Crippen LogP contribution in [0, 0.1) is 0 Å². The lowest BCUT2D eigenvalue weighted by molar-refractivity contribution is 0.669. The first kappa shape index (κ1) is 25.4. The Kier molecular flexibility index (Phi) is 5.78. The molecule has 0 spiro atoms. The van der Waals surface area contributed by atoms with E-state index in [1.165, 1.54) is 10.8 Å². The summed E-state index contributed by atoms with van der Waals surface area (Å²) in [4.78, 5) is 15.7. The van der Waals surface area contributed by atoms with Crippen molar-refractivity contribution in [3.05, 3.63) is 152 Å². The minimum absolute atomic E-state index is 0.604. The van der Waals surface area contributed by atoms with Gasteiger partial charge in [-0.25, -0.2) is 15.0 Å². The van der Waals surface area contributed by atoms with E-state index < -0.39 is 0 Å². The van der Waals surface area contributed by atoms with Crippen LogP contribution in [-0.2, 0) is 0 Å². The topological polar surface area (TPSA) is 51.8 Å². The van der Waals surface area contributed by atoms with E-state index >= 15 is 0 Å². The Labute approximate surface area is 259 Å². The van der Waals surface area contributed by atoms with Crippen molar-refractivity contribution in [3.63, 3.8) is 0 Å². The maximum Gasteiger partial charge on any atom is 0.165 e. The molecule has 9 rings (SSSR count). The lowest BCUT2D eigenvalue weighted by Crippen LogP contribution is -2.02. The standard InChI is InChI=1S/C41H25N3O/c1-3-13-26(14-4-1)30-23-24-36-37(33-21-11-12-22-35(33)45-36)38(30)41-43-39(27-15-5-2-6-16-27)42-40(44-41)34-25-28-17-7-8-18-29(28)31-19-9-10-20-32(31)34/h1-25H. The second kappa shape index (κ2) is 10.2. The molecule has 0 aliphatic rings. The maximum absolute atomic E-state index is 6.37. The zero-order chi connectivity index (χ0) is 29.7. The molecule has 0 saturated heterocycles. The Balaban J connectivity index is 1.42. The van der Waals surface area contributed by atoms with Crippen molar-refractivity contribution in [3.8, 4) is 45.3 Å². The maximum atomic E-state index is 6.37. The average Bonchev–Trinajstić information content (AvgIpc) is 3.50. The van der Waals surface area contributed by atoms with Crippen molar-refractivity contribution in [1.82, 2.24) is 15.0 Å². The highest BCUT2D eigenvalue weighted by molar-refractivity contribution is 6.16. The molecule has 2 heterocycles. The van der Waals surface area contributed by atoms with Gasteiger partial charge in [0.2, 0.25) is 0 Å². The van der Waals surface area contributed by atoms with E-state index in [0.29, 0.717) is 17.5 Å². The van der Waals surface area contributed by atoms with Crippen molar-refractivity contribution < 1.29 is 4.42 Å². The number of nitrogens with zero attached hydrogens (tertiary/aromatic N) is 3. The fourth-order valence-electron chi connectivity index (χ4n) is 6.47. The molecular weight excluding hydrogens is 550 g/mol. The smallest absolute Gasteiger partial charge is 0.165 e. The van der Waals surface area contributed by atoms with Crippen LogP contribution < -0.4 is 0 Å². The Morgan fingerprint density at radius 3 is 1.78 bits per heavy atom. The van der Waals surface area contributed by atoms with Crippen molar-refractivity contribution in [1.29, 1.82) is 0 Å². The molecule has 0 fully saturated rings. The van der Waals surface area contributed by atoms with Crippen molar-refractivity contribution in [2.75, 3.05) is 0 Å². The van der Waals surface area contributed by atoms with Crippen LogP contribution in [0.2, 0.25) is 0 Å². The first-order chi connectivity index (χ1) is 22.3. The number of furan rings is 1. The van der Waals surface area contributed by atoms with Gasteiger partial charge >= 0.3 is 0 Å². The van der Waals surface area contributed by atoms with Gasteiger partial charge in [-0.15, -0.1) is 0 Å². The third kappa shape index (κ3) is 4.19.